The molecule has 0 aliphatic carbocycles. The normalized spacial score (nSPS) is 10.2. The van der Waals surface area contributed by atoms with E-state index in [1.54, 1.807) is 12.1 Å². The Morgan fingerprint density at radius 3 is 2.42 bits per heavy atom. The van der Waals surface area contributed by atoms with E-state index in [0.717, 1.165) is 9.64 Å². The molecule has 0 aliphatic heterocycles. The van der Waals surface area contributed by atoms with Gasteiger partial charge in [-0.1, -0.05) is 0 Å². The second kappa shape index (κ2) is 5.43. The van der Waals surface area contributed by atoms with Gasteiger partial charge in [-0.2, -0.15) is 0 Å². The Balaban J connectivity index is 2.42. The summed E-state index contributed by atoms with van der Waals surface area (Å²) in [5.41, 5.74) is 5.79. The Labute approximate surface area is 122 Å². The third-order valence-corrected chi connectivity index (χ3v) is 3.25. The molecule has 0 heterocycles. The molecule has 0 atom stereocenters. The van der Waals surface area contributed by atoms with Gasteiger partial charge in [0, 0.05) is 9.26 Å². The first-order valence-electron chi connectivity index (χ1n) is 5.33. The molecule has 0 aliphatic rings. The maximum absolute atomic E-state index is 13.3. The number of carboxylic acids is 1. The molecule has 98 valence electrons. The van der Waals surface area contributed by atoms with Gasteiger partial charge in [-0.05, 0) is 59.0 Å². The summed E-state index contributed by atoms with van der Waals surface area (Å²) < 4.78 is 14.3. The van der Waals surface area contributed by atoms with Crippen LogP contribution in [0, 0.1) is 9.39 Å². The number of carbonyl (C=O) groups is 1. The van der Waals surface area contributed by atoms with Crippen molar-refractivity contribution in [2.45, 2.75) is 0 Å². The lowest BCUT2D eigenvalue weighted by Gasteiger charge is -2.12. The maximum Gasteiger partial charge on any atom is 0.340 e. The smallest absolute Gasteiger partial charge is 0.340 e. The molecule has 0 amide bonds. The van der Waals surface area contributed by atoms with Gasteiger partial charge in [0.05, 0.1) is 11.4 Å². The number of anilines is 3. The van der Waals surface area contributed by atoms with Crippen molar-refractivity contribution in [3.63, 3.8) is 0 Å². The van der Waals surface area contributed by atoms with E-state index >= 15 is 0 Å². The highest BCUT2D eigenvalue weighted by atomic mass is 127. The lowest BCUT2D eigenvalue weighted by atomic mass is 10.1. The molecule has 0 unspecified atom stereocenters. The molecule has 0 fully saturated rings. The fourth-order valence-corrected chi connectivity index (χ4v) is 1.98. The van der Waals surface area contributed by atoms with E-state index in [1.807, 2.05) is 12.1 Å². The van der Waals surface area contributed by atoms with Gasteiger partial charge in [-0.15, -0.1) is 0 Å². The van der Waals surface area contributed by atoms with Crippen LogP contribution in [0.2, 0.25) is 0 Å². The first-order chi connectivity index (χ1) is 8.99. The fraction of sp³-hybridized carbons (Fsp3) is 0. The molecule has 0 radical (unpaired) electrons. The molecule has 6 heteroatoms. The first-order valence-corrected chi connectivity index (χ1v) is 6.41. The number of aromatic carboxylic acids is 1. The SMILES string of the molecule is Nc1c(F)ccc(Nc2ccc(I)cc2)c1C(=O)O. The van der Waals surface area contributed by atoms with Crippen molar-refractivity contribution in [1.82, 2.24) is 0 Å². The summed E-state index contributed by atoms with van der Waals surface area (Å²) in [5, 5.41) is 12.0. The molecule has 2 rings (SSSR count). The third-order valence-electron chi connectivity index (χ3n) is 2.53. The van der Waals surface area contributed by atoms with Gasteiger partial charge in [0.15, 0.2) is 0 Å². The molecular formula is C13H10FIN2O2. The van der Waals surface area contributed by atoms with E-state index < -0.39 is 11.8 Å². The molecule has 4 nitrogen and oxygen atoms in total. The summed E-state index contributed by atoms with van der Waals surface area (Å²) in [5.74, 6) is -2.02. The van der Waals surface area contributed by atoms with Crippen molar-refractivity contribution in [2.75, 3.05) is 11.1 Å². The molecule has 0 spiro atoms. The number of benzene rings is 2. The van der Waals surface area contributed by atoms with E-state index in [-0.39, 0.29) is 16.9 Å². The molecule has 4 N–H and O–H groups in total. The lowest BCUT2D eigenvalue weighted by molar-refractivity contribution is 0.0698. The Hall–Kier alpha value is -1.83. The van der Waals surface area contributed by atoms with Gasteiger partial charge in [-0.3, -0.25) is 0 Å². The number of halogens is 2. The number of nitrogens with two attached hydrogens (primary N) is 1. The number of nitrogens with one attached hydrogen (secondary N) is 1. The summed E-state index contributed by atoms with van der Waals surface area (Å²) in [6, 6.07) is 9.83. The minimum Gasteiger partial charge on any atom is -0.478 e. The van der Waals surface area contributed by atoms with Crippen LogP contribution in [0.5, 0.6) is 0 Å². The number of rotatable bonds is 3. The largest absolute Gasteiger partial charge is 0.478 e. The quantitative estimate of drug-likeness (QED) is 0.570. The minimum atomic E-state index is -1.27. The van der Waals surface area contributed by atoms with Crippen LogP contribution in [-0.2, 0) is 0 Å². The molecule has 0 bridgehead atoms. The zero-order valence-electron chi connectivity index (χ0n) is 9.65. The van der Waals surface area contributed by atoms with Crippen molar-refractivity contribution >= 4 is 45.6 Å². The summed E-state index contributed by atoms with van der Waals surface area (Å²) in [7, 11) is 0. The average molecular weight is 372 g/mol. The van der Waals surface area contributed by atoms with E-state index in [4.69, 9.17) is 10.8 Å². The van der Waals surface area contributed by atoms with Crippen LogP contribution >= 0.6 is 22.6 Å². The maximum atomic E-state index is 13.3. The topological polar surface area (TPSA) is 75.3 Å². The van der Waals surface area contributed by atoms with Gasteiger partial charge < -0.3 is 16.2 Å². The average Bonchev–Trinajstić information content (AvgIpc) is 2.36. The molecule has 0 saturated heterocycles. The summed E-state index contributed by atoms with van der Waals surface area (Å²) in [6.45, 7) is 0. The van der Waals surface area contributed by atoms with Crippen molar-refractivity contribution in [3.8, 4) is 0 Å². The summed E-state index contributed by atoms with van der Waals surface area (Å²) in [4.78, 5) is 11.2. The van der Waals surface area contributed by atoms with Crippen LogP contribution in [0.4, 0.5) is 21.5 Å². The highest BCUT2D eigenvalue weighted by molar-refractivity contribution is 14.1. The Bertz CT molecular complexity index is 629. The van der Waals surface area contributed by atoms with E-state index in [9.17, 15) is 9.18 Å². The zero-order chi connectivity index (χ0) is 14.0. The van der Waals surface area contributed by atoms with E-state index in [0.29, 0.717) is 5.69 Å². The Kier molecular flexibility index (Phi) is 3.89. The summed E-state index contributed by atoms with van der Waals surface area (Å²) >= 11 is 2.16. The van der Waals surface area contributed by atoms with Gasteiger partial charge in [0.1, 0.15) is 11.4 Å². The van der Waals surface area contributed by atoms with Crippen LogP contribution < -0.4 is 11.1 Å². The second-order valence-electron chi connectivity index (χ2n) is 3.82. The molecule has 19 heavy (non-hydrogen) atoms. The molecule has 0 aromatic heterocycles. The van der Waals surface area contributed by atoms with Crippen LogP contribution in [0.1, 0.15) is 10.4 Å². The van der Waals surface area contributed by atoms with Crippen LogP contribution in [-0.4, -0.2) is 11.1 Å². The fourth-order valence-electron chi connectivity index (χ4n) is 1.62. The Morgan fingerprint density at radius 2 is 1.84 bits per heavy atom. The first kappa shape index (κ1) is 13.6. The van der Waals surface area contributed by atoms with Crippen LogP contribution in [0.25, 0.3) is 0 Å². The molecular weight excluding hydrogens is 362 g/mol. The molecule has 2 aromatic carbocycles. The van der Waals surface area contributed by atoms with Crippen LogP contribution in [0.15, 0.2) is 36.4 Å². The summed E-state index contributed by atoms with van der Waals surface area (Å²) in [6.07, 6.45) is 0. The van der Waals surface area contributed by atoms with Gasteiger partial charge in [0.25, 0.3) is 0 Å². The predicted molar refractivity (Wildman–Crippen MR) is 80.2 cm³/mol. The van der Waals surface area contributed by atoms with E-state index in [1.165, 1.54) is 6.07 Å². The minimum absolute atomic E-state index is 0.257. The van der Waals surface area contributed by atoms with Crippen molar-refractivity contribution in [2.24, 2.45) is 0 Å². The zero-order valence-corrected chi connectivity index (χ0v) is 11.8. The van der Waals surface area contributed by atoms with Gasteiger partial charge >= 0.3 is 5.97 Å². The van der Waals surface area contributed by atoms with E-state index in [2.05, 4.69) is 27.9 Å². The van der Waals surface area contributed by atoms with Crippen molar-refractivity contribution in [1.29, 1.82) is 0 Å². The lowest BCUT2D eigenvalue weighted by Crippen LogP contribution is -2.08. The molecule has 2 aromatic rings. The van der Waals surface area contributed by atoms with Crippen LogP contribution in [0.3, 0.4) is 0 Å². The number of carboxylic acid groups (broad SMARTS) is 1. The monoisotopic (exact) mass is 372 g/mol. The number of hydrogen-bond acceptors (Lipinski definition) is 3. The standard InChI is InChI=1S/C13H10FIN2O2/c14-9-5-6-10(11(12(9)16)13(18)19)17-8-3-1-7(15)2-4-8/h1-6,17H,16H2,(H,18,19). The highest BCUT2D eigenvalue weighted by Gasteiger charge is 2.17. The predicted octanol–water partition coefficient (Wildman–Crippen LogP) is 3.45. The number of hydrogen-bond donors (Lipinski definition) is 3. The van der Waals surface area contributed by atoms with Gasteiger partial charge in [-0.25, -0.2) is 9.18 Å². The third kappa shape index (κ3) is 2.95. The van der Waals surface area contributed by atoms with Crippen molar-refractivity contribution in [3.05, 3.63) is 51.3 Å². The highest BCUT2D eigenvalue weighted by Crippen LogP contribution is 2.28. The second-order valence-corrected chi connectivity index (χ2v) is 5.07. The van der Waals surface area contributed by atoms with Gasteiger partial charge in [0.2, 0.25) is 0 Å². The molecule has 0 saturated carbocycles. The van der Waals surface area contributed by atoms with Crippen molar-refractivity contribution < 1.29 is 14.3 Å². The Morgan fingerprint density at radius 1 is 1.21 bits per heavy atom. The number of nitrogen functional groups attached to an aromatic ring is 1.